The molecule has 2 rings (SSSR count). The summed E-state index contributed by atoms with van der Waals surface area (Å²) in [5, 5.41) is 8.09. The van der Waals surface area contributed by atoms with Gasteiger partial charge in [-0.05, 0) is 55.3 Å². The summed E-state index contributed by atoms with van der Waals surface area (Å²) in [5.41, 5.74) is 3.59. The maximum atomic E-state index is 13.6. The van der Waals surface area contributed by atoms with Crippen molar-refractivity contribution in [3.05, 3.63) is 53.3 Å². The van der Waals surface area contributed by atoms with E-state index in [9.17, 15) is 14.0 Å². The highest BCUT2D eigenvalue weighted by atomic mass is 19.1. The third-order valence-corrected chi connectivity index (χ3v) is 3.52. The lowest BCUT2D eigenvalue weighted by Crippen LogP contribution is -2.22. The number of rotatable bonds is 5. The third-order valence-electron chi connectivity index (χ3n) is 3.52. The summed E-state index contributed by atoms with van der Waals surface area (Å²) >= 11 is 0. The fourth-order valence-electron chi connectivity index (χ4n) is 2.13. The molecule has 0 atom stereocenters. The number of anilines is 3. The Morgan fingerprint density at radius 3 is 2.33 bits per heavy atom. The topological polar surface area (TPSA) is 70.2 Å². The molecule has 2 aromatic carbocycles. The highest BCUT2D eigenvalue weighted by Gasteiger charge is 2.07. The average molecular weight is 329 g/mol. The van der Waals surface area contributed by atoms with Crippen molar-refractivity contribution in [2.24, 2.45) is 0 Å². The van der Waals surface area contributed by atoms with Crippen molar-refractivity contribution in [1.82, 2.24) is 0 Å². The highest BCUT2D eigenvalue weighted by molar-refractivity contribution is 5.94. The second-order valence-electron chi connectivity index (χ2n) is 5.58. The molecule has 0 radical (unpaired) electrons. The van der Waals surface area contributed by atoms with Crippen LogP contribution in [0.25, 0.3) is 0 Å². The molecule has 2 aromatic rings. The molecule has 0 saturated carbocycles. The Morgan fingerprint density at radius 1 is 0.958 bits per heavy atom. The van der Waals surface area contributed by atoms with Gasteiger partial charge in [0.05, 0.1) is 12.2 Å². The first kappa shape index (κ1) is 17.5. The Balaban J connectivity index is 1.96. The molecular formula is C18H20FN3O2. The molecule has 0 aliphatic rings. The van der Waals surface area contributed by atoms with E-state index in [0.717, 1.165) is 16.8 Å². The lowest BCUT2D eigenvalue weighted by atomic mass is 10.1. The molecule has 0 fully saturated rings. The molecule has 126 valence electrons. The predicted octanol–water partition coefficient (Wildman–Crippen LogP) is 3.45. The average Bonchev–Trinajstić information content (AvgIpc) is 2.51. The van der Waals surface area contributed by atoms with Gasteiger partial charge >= 0.3 is 0 Å². The van der Waals surface area contributed by atoms with Crippen molar-refractivity contribution < 1.29 is 14.0 Å². The van der Waals surface area contributed by atoms with Crippen LogP contribution < -0.4 is 16.0 Å². The summed E-state index contributed by atoms with van der Waals surface area (Å²) in [6.45, 7) is 5.31. The number of halogens is 1. The lowest BCUT2D eigenvalue weighted by Gasteiger charge is -2.11. The Bertz CT molecular complexity index is 775. The first-order chi connectivity index (χ1) is 11.3. The van der Waals surface area contributed by atoms with Crippen LogP contribution >= 0.6 is 0 Å². The van der Waals surface area contributed by atoms with E-state index in [1.54, 1.807) is 0 Å². The Hall–Kier alpha value is -2.89. The van der Waals surface area contributed by atoms with E-state index < -0.39 is 5.82 Å². The van der Waals surface area contributed by atoms with E-state index in [0.29, 0.717) is 5.69 Å². The van der Waals surface area contributed by atoms with E-state index in [1.165, 1.54) is 25.1 Å². The van der Waals surface area contributed by atoms with Crippen LogP contribution in [-0.4, -0.2) is 18.4 Å². The van der Waals surface area contributed by atoms with E-state index in [1.807, 2.05) is 32.0 Å². The molecule has 2 amide bonds. The Kier molecular flexibility index (Phi) is 5.52. The van der Waals surface area contributed by atoms with Crippen LogP contribution in [0.4, 0.5) is 21.5 Å². The molecule has 0 unspecified atom stereocenters. The smallest absolute Gasteiger partial charge is 0.243 e. The molecule has 0 spiro atoms. The van der Waals surface area contributed by atoms with Crippen molar-refractivity contribution in [2.45, 2.75) is 20.8 Å². The minimum Gasteiger partial charge on any atom is -0.376 e. The fraction of sp³-hybridized carbons (Fsp3) is 0.222. The van der Waals surface area contributed by atoms with Crippen LogP contribution in [0.15, 0.2) is 36.4 Å². The lowest BCUT2D eigenvalue weighted by molar-refractivity contribution is -0.115. The minimum absolute atomic E-state index is 0.0259. The van der Waals surface area contributed by atoms with Crippen LogP contribution in [0, 0.1) is 19.7 Å². The zero-order valence-electron chi connectivity index (χ0n) is 13.9. The van der Waals surface area contributed by atoms with Crippen LogP contribution in [0.1, 0.15) is 18.1 Å². The van der Waals surface area contributed by atoms with Gasteiger partial charge in [0.15, 0.2) is 0 Å². The molecule has 0 heterocycles. The summed E-state index contributed by atoms with van der Waals surface area (Å²) in [4.78, 5) is 23.0. The van der Waals surface area contributed by atoms with Crippen molar-refractivity contribution in [3.8, 4) is 0 Å². The molecular weight excluding hydrogens is 309 g/mol. The number of carbonyl (C=O) groups excluding carboxylic acids is 2. The van der Waals surface area contributed by atoms with Gasteiger partial charge in [0.2, 0.25) is 11.8 Å². The van der Waals surface area contributed by atoms with Gasteiger partial charge in [0.25, 0.3) is 0 Å². The van der Waals surface area contributed by atoms with Crippen LogP contribution in [0.3, 0.4) is 0 Å². The number of aryl methyl sites for hydroxylation is 2. The van der Waals surface area contributed by atoms with E-state index in [2.05, 4.69) is 16.0 Å². The number of amides is 2. The predicted molar refractivity (Wildman–Crippen MR) is 93.7 cm³/mol. The molecule has 0 aliphatic heterocycles. The second kappa shape index (κ2) is 7.59. The number of hydrogen-bond donors (Lipinski definition) is 3. The number of carbonyl (C=O) groups is 2. The van der Waals surface area contributed by atoms with Crippen molar-refractivity contribution in [1.29, 1.82) is 0 Å². The SMILES string of the molecule is CC(=O)Nc1cc(NCC(=O)Nc2ccc(C)c(C)c2)ccc1F. The normalized spacial score (nSPS) is 10.2. The van der Waals surface area contributed by atoms with Crippen molar-refractivity contribution in [3.63, 3.8) is 0 Å². The molecule has 6 heteroatoms. The molecule has 5 nitrogen and oxygen atoms in total. The molecule has 3 N–H and O–H groups in total. The van der Waals surface area contributed by atoms with Gasteiger partial charge in [-0.1, -0.05) is 6.07 Å². The molecule has 24 heavy (non-hydrogen) atoms. The van der Waals surface area contributed by atoms with Crippen LogP contribution in [0.2, 0.25) is 0 Å². The zero-order valence-corrected chi connectivity index (χ0v) is 13.9. The largest absolute Gasteiger partial charge is 0.376 e. The molecule has 0 bridgehead atoms. The quantitative estimate of drug-likeness (QED) is 0.787. The Labute approximate surface area is 140 Å². The van der Waals surface area contributed by atoms with Crippen molar-refractivity contribution in [2.75, 3.05) is 22.5 Å². The van der Waals surface area contributed by atoms with E-state index >= 15 is 0 Å². The maximum absolute atomic E-state index is 13.6. The third kappa shape index (κ3) is 4.81. The molecule has 0 aromatic heterocycles. The first-order valence-corrected chi connectivity index (χ1v) is 7.53. The van der Waals surface area contributed by atoms with E-state index in [-0.39, 0.29) is 24.0 Å². The summed E-state index contributed by atoms with van der Waals surface area (Å²) in [6, 6.07) is 9.86. The number of hydrogen-bond acceptors (Lipinski definition) is 3. The number of benzene rings is 2. The van der Waals surface area contributed by atoms with Crippen LogP contribution in [0.5, 0.6) is 0 Å². The van der Waals surface area contributed by atoms with Gasteiger partial charge in [-0.2, -0.15) is 0 Å². The first-order valence-electron chi connectivity index (χ1n) is 7.53. The molecule has 0 aliphatic carbocycles. The van der Waals surface area contributed by atoms with Crippen molar-refractivity contribution >= 4 is 28.9 Å². The minimum atomic E-state index is -0.532. The van der Waals surface area contributed by atoms with Crippen LogP contribution in [-0.2, 0) is 9.59 Å². The van der Waals surface area contributed by atoms with Gasteiger partial charge in [-0.15, -0.1) is 0 Å². The summed E-state index contributed by atoms with van der Waals surface area (Å²) in [6.07, 6.45) is 0. The number of nitrogens with one attached hydrogen (secondary N) is 3. The zero-order chi connectivity index (χ0) is 17.7. The maximum Gasteiger partial charge on any atom is 0.243 e. The highest BCUT2D eigenvalue weighted by Crippen LogP contribution is 2.19. The summed E-state index contributed by atoms with van der Waals surface area (Å²) in [5.74, 6) is -1.11. The monoisotopic (exact) mass is 329 g/mol. The van der Waals surface area contributed by atoms with E-state index in [4.69, 9.17) is 0 Å². The van der Waals surface area contributed by atoms with Gasteiger partial charge in [0, 0.05) is 18.3 Å². The molecule has 0 saturated heterocycles. The summed E-state index contributed by atoms with van der Waals surface area (Å²) < 4.78 is 13.6. The van der Waals surface area contributed by atoms with Gasteiger partial charge in [0.1, 0.15) is 5.82 Å². The summed E-state index contributed by atoms with van der Waals surface area (Å²) in [7, 11) is 0. The van der Waals surface area contributed by atoms with Gasteiger partial charge in [-0.25, -0.2) is 4.39 Å². The van der Waals surface area contributed by atoms with Gasteiger partial charge < -0.3 is 16.0 Å². The Morgan fingerprint density at radius 2 is 1.67 bits per heavy atom. The van der Waals surface area contributed by atoms with Gasteiger partial charge in [-0.3, -0.25) is 9.59 Å². The fourth-order valence-corrected chi connectivity index (χ4v) is 2.13. The second-order valence-corrected chi connectivity index (χ2v) is 5.58. The standard InChI is InChI=1S/C18H20FN3O2/c1-11-4-5-15(8-12(11)2)22-18(24)10-20-14-6-7-16(19)17(9-14)21-13(3)23/h4-9,20H,10H2,1-3H3,(H,21,23)(H,22,24).